The molecule has 2 aromatic heterocycles. The Hall–Kier alpha value is -2.63. The van der Waals surface area contributed by atoms with Crippen LogP contribution < -0.4 is 10.5 Å². The molecule has 1 aromatic carbocycles. The Labute approximate surface area is 109 Å². The smallest absolute Gasteiger partial charge is 0.265 e. The van der Waals surface area contributed by atoms with Gasteiger partial charge in [-0.1, -0.05) is 6.07 Å². The van der Waals surface area contributed by atoms with Gasteiger partial charge in [0, 0.05) is 23.6 Å². The highest BCUT2D eigenvalue weighted by molar-refractivity contribution is 5.56. The van der Waals surface area contributed by atoms with E-state index in [0.717, 1.165) is 11.4 Å². The molecule has 6 heteroatoms. The van der Waals surface area contributed by atoms with E-state index < -0.39 is 0 Å². The van der Waals surface area contributed by atoms with Crippen molar-refractivity contribution >= 4 is 11.3 Å². The molecule has 3 aromatic rings. The summed E-state index contributed by atoms with van der Waals surface area (Å²) in [5.41, 5.74) is 8.00. The van der Waals surface area contributed by atoms with E-state index in [1.807, 2.05) is 36.4 Å². The first-order chi connectivity index (χ1) is 9.16. The highest BCUT2D eigenvalue weighted by atomic mass is 16.5. The van der Waals surface area contributed by atoms with Gasteiger partial charge in [-0.05, 0) is 26.0 Å². The van der Waals surface area contributed by atoms with Crippen molar-refractivity contribution in [1.29, 1.82) is 0 Å². The molecule has 0 saturated heterocycles. The Morgan fingerprint density at radius 2 is 2.05 bits per heavy atom. The van der Waals surface area contributed by atoms with Crippen LogP contribution in [0.1, 0.15) is 11.4 Å². The first-order valence-corrected chi connectivity index (χ1v) is 5.86. The lowest BCUT2D eigenvalue weighted by Crippen LogP contribution is -1.97. The fraction of sp³-hybridized carbons (Fsp3) is 0.154. The van der Waals surface area contributed by atoms with Crippen molar-refractivity contribution in [1.82, 2.24) is 19.6 Å². The summed E-state index contributed by atoms with van der Waals surface area (Å²) in [5.74, 6) is 1.87. The maximum atomic E-state index is 5.86. The Balaban J connectivity index is 2.08. The number of anilines is 1. The number of aryl methyl sites for hydroxylation is 1. The van der Waals surface area contributed by atoms with Gasteiger partial charge in [0.05, 0.1) is 0 Å². The van der Waals surface area contributed by atoms with Crippen LogP contribution in [0.2, 0.25) is 0 Å². The van der Waals surface area contributed by atoms with Crippen LogP contribution in [0.25, 0.3) is 5.65 Å². The number of nitrogens with zero attached hydrogens (tertiary/aromatic N) is 4. The number of ether oxygens (including phenoxy) is 1. The molecule has 0 unspecified atom stereocenters. The van der Waals surface area contributed by atoms with E-state index in [-0.39, 0.29) is 0 Å². The van der Waals surface area contributed by atoms with Gasteiger partial charge >= 0.3 is 0 Å². The first kappa shape index (κ1) is 11.5. The Morgan fingerprint density at radius 3 is 2.89 bits per heavy atom. The molecule has 0 bridgehead atoms. The molecule has 0 aliphatic carbocycles. The Kier molecular flexibility index (Phi) is 2.56. The van der Waals surface area contributed by atoms with E-state index in [4.69, 9.17) is 10.5 Å². The summed E-state index contributed by atoms with van der Waals surface area (Å²) in [7, 11) is 0. The number of hydrogen-bond acceptors (Lipinski definition) is 5. The first-order valence-electron chi connectivity index (χ1n) is 5.86. The number of fused-ring (bicyclic) bond motifs is 1. The highest BCUT2D eigenvalue weighted by Crippen LogP contribution is 2.28. The van der Waals surface area contributed by atoms with Gasteiger partial charge in [0.1, 0.15) is 11.6 Å². The molecule has 19 heavy (non-hydrogen) atoms. The van der Waals surface area contributed by atoms with Crippen molar-refractivity contribution < 1.29 is 4.74 Å². The van der Waals surface area contributed by atoms with E-state index in [9.17, 15) is 0 Å². The summed E-state index contributed by atoms with van der Waals surface area (Å²) in [6.07, 6.45) is 3.45. The minimum absolute atomic E-state index is 0.414. The van der Waals surface area contributed by atoms with Crippen LogP contribution in [0, 0.1) is 13.8 Å². The van der Waals surface area contributed by atoms with Crippen molar-refractivity contribution in [2.75, 3.05) is 5.73 Å². The van der Waals surface area contributed by atoms with Gasteiger partial charge in [-0.2, -0.15) is 0 Å². The molecular weight excluding hydrogens is 242 g/mol. The highest BCUT2D eigenvalue weighted by Gasteiger charge is 2.11. The number of rotatable bonds is 2. The van der Waals surface area contributed by atoms with Crippen molar-refractivity contribution in [3.63, 3.8) is 0 Å². The summed E-state index contributed by atoms with van der Waals surface area (Å²) < 4.78 is 7.63. The zero-order valence-electron chi connectivity index (χ0n) is 10.7. The minimum atomic E-state index is 0.414. The third kappa shape index (κ3) is 1.87. The number of nitrogen functional groups attached to an aromatic ring is 1. The largest absolute Gasteiger partial charge is 0.436 e. The molecule has 2 N–H and O–H groups in total. The number of hydrogen-bond donors (Lipinski definition) is 1. The zero-order valence-corrected chi connectivity index (χ0v) is 10.7. The van der Waals surface area contributed by atoms with Crippen LogP contribution in [0.3, 0.4) is 0 Å². The second-order valence-corrected chi connectivity index (χ2v) is 4.25. The zero-order chi connectivity index (χ0) is 13.4. The quantitative estimate of drug-likeness (QED) is 0.709. The predicted octanol–water partition coefficient (Wildman–Crippen LogP) is 2.12. The van der Waals surface area contributed by atoms with Gasteiger partial charge in [-0.15, -0.1) is 10.2 Å². The monoisotopic (exact) mass is 255 g/mol. The maximum absolute atomic E-state index is 5.86. The molecule has 0 radical (unpaired) electrons. The van der Waals surface area contributed by atoms with Crippen LogP contribution in [-0.2, 0) is 0 Å². The standard InChI is InChI=1S/C13H13N5O/c1-8-10(14)4-3-5-11(8)19-13-12-17-16-9(2)18(12)7-6-15-13/h3-7H,14H2,1-2H3. The molecule has 0 aliphatic rings. The van der Waals surface area contributed by atoms with E-state index in [0.29, 0.717) is 23.0 Å². The van der Waals surface area contributed by atoms with Gasteiger partial charge in [0.15, 0.2) is 0 Å². The van der Waals surface area contributed by atoms with Gasteiger partial charge < -0.3 is 10.5 Å². The Morgan fingerprint density at radius 1 is 1.21 bits per heavy atom. The van der Waals surface area contributed by atoms with Crippen molar-refractivity contribution in [3.05, 3.63) is 42.0 Å². The molecule has 3 rings (SSSR count). The van der Waals surface area contributed by atoms with Gasteiger partial charge in [0.2, 0.25) is 5.65 Å². The summed E-state index contributed by atoms with van der Waals surface area (Å²) in [5, 5.41) is 8.07. The average Bonchev–Trinajstić information content (AvgIpc) is 2.78. The van der Waals surface area contributed by atoms with Crippen LogP contribution >= 0.6 is 0 Å². The van der Waals surface area contributed by atoms with E-state index >= 15 is 0 Å². The van der Waals surface area contributed by atoms with Crippen LogP contribution in [0.5, 0.6) is 11.6 Å². The molecule has 0 saturated carbocycles. The molecule has 0 atom stereocenters. The maximum Gasteiger partial charge on any atom is 0.265 e. The van der Waals surface area contributed by atoms with Gasteiger partial charge in [0.25, 0.3) is 5.88 Å². The van der Waals surface area contributed by atoms with Crippen LogP contribution in [0.15, 0.2) is 30.6 Å². The summed E-state index contributed by atoms with van der Waals surface area (Å²) in [4.78, 5) is 4.20. The summed E-state index contributed by atoms with van der Waals surface area (Å²) in [6.45, 7) is 3.77. The molecule has 0 amide bonds. The molecule has 0 aliphatic heterocycles. The Bertz CT molecular complexity index is 750. The topological polar surface area (TPSA) is 78.3 Å². The minimum Gasteiger partial charge on any atom is -0.436 e. The SMILES string of the molecule is Cc1c(N)cccc1Oc1nccn2c(C)nnc12. The van der Waals surface area contributed by atoms with E-state index in [1.165, 1.54) is 0 Å². The molecule has 2 heterocycles. The molecule has 6 nitrogen and oxygen atoms in total. The molecule has 96 valence electrons. The average molecular weight is 255 g/mol. The van der Waals surface area contributed by atoms with E-state index in [1.54, 1.807) is 12.4 Å². The fourth-order valence-electron chi connectivity index (χ4n) is 1.84. The van der Waals surface area contributed by atoms with Crippen LogP contribution in [-0.4, -0.2) is 19.6 Å². The second-order valence-electron chi connectivity index (χ2n) is 4.25. The van der Waals surface area contributed by atoms with Crippen molar-refractivity contribution in [3.8, 4) is 11.6 Å². The van der Waals surface area contributed by atoms with Gasteiger partial charge in [-0.25, -0.2) is 4.98 Å². The van der Waals surface area contributed by atoms with E-state index in [2.05, 4.69) is 15.2 Å². The predicted molar refractivity (Wildman–Crippen MR) is 71.2 cm³/mol. The summed E-state index contributed by atoms with van der Waals surface area (Å²) in [6, 6.07) is 5.52. The van der Waals surface area contributed by atoms with Crippen molar-refractivity contribution in [2.45, 2.75) is 13.8 Å². The number of nitrogens with two attached hydrogens (primary N) is 1. The lowest BCUT2D eigenvalue weighted by Gasteiger charge is -2.09. The lowest BCUT2D eigenvalue weighted by atomic mass is 10.2. The fourth-order valence-corrected chi connectivity index (χ4v) is 1.84. The summed E-state index contributed by atoms with van der Waals surface area (Å²) >= 11 is 0. The lowest BCUT2D eigenvalue weighted by molar-refractivity contribution is 0.461. The molecule has 0 spiro atoms. The van der Waals surface area contributed by atoms with Crippen LogP contribution in [0.4, 0.5) is 5.69 Å². The normalized spacial score (nSPS) is 10.8. The molecular formula is C13H13N5O. The number of aromatic nitrogens is 4. The molecule has 0 fully saturated rings. The second kappa shape index (κ2) is 4.24. The number of benzene rings is 1. The van der Waals surface area contributed by atoms with Gasteiger partial charge in [-0.3, -0.25) is 4.40 Å². The van der Waals surface area contributed by atoms with Crippen molar-refractivity contribution in [2.24, 2.45) is 0 Å². The third-order valence-electron chi connectivity index (χ3n) is 3.00. The third-order valence-corrected chi connectivity index (χ3v) is 3.00.